The Hall–Kier alpha value is -5.72. The summed E-state index contributed by atoms with van der Waals surface area (Å²) in [5.74, 6) is 7.11. The van der Waals surface area contributed by atoms with Gasteiger partial charge >= 0.3 is 0 Å². The lowest BCUT2D eigenvalue weighted by molar-refractivity contribution is 0.211. The first-order valence-corrected chi connectivity index (χ1v) is 14.2. The number of halogens is 1. The van der Waals surface area contributed by atoms with Gasteiger partial charge in [0.05, 0.1) is 11.4 Å². The lowest BCUT2D eigenvalue weighted by atomic mass is 10.0. The molecule has 5 heterocycles. The number of hydrogen-bond acceptors (Lipinski definition) is 13. The number of fused-ring (bicyclic) bond motifs is 1. The van der Waals surface area contributed by atoms with Crippen LogP contribution in [-0.2, 0) is 6.54 Å². The van der Waals surface area contributed by atoms with Crippen molar-refractivity contribution in [1.29, 1.82) is 5.26 Å². The number of pyridine rings is 1. The zero-order chi connectivity index (χ0) is 31.3. The van der Waals surface area contributed by atoms with E-state index in [-0.39, 0.29) is 23.4 Å². The average molecular weight is 607 g/mol. The van der Waals surface area contributed by atoms with Crippen LogP contribution in [0, 0.1) is 11.3 Å². The molecule has 1 aliphatic heterocycles. The van der Waals surface area contributed by atoms with E-state index in [0.29, 0.717) is 34.2 Å². The average Bonchev–Trinajstić information content (AvgIpc) is 3.44. The smallest absolute Gasteiger partial charge is 0.234 e. The van der Waals surface area contributed by atoms with Crippen LogP contribution in [0.5, 0.6) is 0 Å². The highest BCUT2D eigenvalue weighted by molar-refractivity contribution is 5.82. The van der Waals surface area contributed by atoms with Crippen LogP contribution < -0.4 is 22.6 Å². The minimum Gasteiger partial charge on any atom is -0.396 e. The second-order valence-corrected chi connectivity index (χ2v) is 10.6. The van der Waals surface area contributed by atoms with Gasteiger partial charge in [0.2, 0.25) is 5.82 Å². The van der Waals surface area contributed by atoms with E-state index in [2.05, 4.69) is 42.3 Å². The summed E-state index contributed by atoms with van der Waals surface area (Å²) in [5.41, 5.74) is 16.4. The lowest BCUT2D eigenvalue weighted by Gasteiger charge is -2.32. The van der Waals surface area contributed by atoms with Crippen molar-refractivity contribution in [3.8, 4) is 23.3 Å². The molecule has 0 spiro atoms. The predicted octanol–water partition coefficient (Wildman–Crippen LogP) is 2.56. The molecule has 6 rings (SSSR count). The molecule has 5 aromatic rings. The Balaban J connectivity index is 1.23. The summed E-state index contributed by atoms with van der Waals surface area (Å²) in [6, 6.07) is 15.7. The van der Waals surface area contributed by atoms with Crippen LogP contribution in [0.25, 0.3) is 34.1 Å². The molecule has 1 aromatic carbocycles. The van der Waals surface area contributed by atoms with Crippen LogP contribution in [0.3, 0.4) is 0 Å². The van der Waals surface area contributed by atoms with Crippen molar-refractivity contribution in [2.45, 2.75) is 25.4 Å². The van der Waals surface area contributed by atoms with Crippen molar-refractivity contribution >= 4 is 28.5 Å². The number of nitriles is 1. The highest BCUT2D eigenvalue weighted by Gasteiger charge is 2.22. The first-order valence-electron chi connectivity index (χ1n) is 14.2. The number of alkyl halides is 1. The number of imidazole rings is 1. The van der Waals surface area contributed by atoms with Gasteiger partial charge in [0.1, 0.15) is 23.1 Å². The number of likely N-dealkylation sites (tertiary alicyclic amines) is 1. The molecular weight excluding hydrogens is 575 g/mol. The Labute approximate surface area is 258 Å². The van der Waals surface area contributed by atoms with Gasteiger partial charge in [-0.2, -0.15) is 5.26 Å². The van der Waals surface area contributed by atoms with Crippen molar-refractivity contribution in [3.05, 3.63) is 84.3 Å². The number of rotatable bonds is 9. The largest absolute Gasteiger partial charge is 0.396 e. The van der Waals surface area contributed by atoms with Gasteiger partial charge in [-0.1, -0.05) is 12.1 Å². The number of hydrazine groups is 1. The number of piperidine rings is 1. The quantitative estimate of drug-likeness (QED) is 0.108. The molecule has 14 nitrogen and oxygen atoms in total. The van der Waals surface area contributed by atoms with E-state index in [1.165, 1.54) is 12.4 Å². The molecule has 1 aliphatic rings. The van der Waals surface area contributed by atoms with Crippen molar-refractivity contribution in [2.24, 2.45) is 11.6 Å². The molecule has 0 atom stereocenters. The number of benzene rings is 1. The van der Waals surface area contributed by atoms with Gasteiger partial charge in [-0.05, 0) is 48.7 Å². The van der Waals surface area contributed by atoms with Crippen molar-refractivity contribution in [2.75, 3.05) is 30.9 Å². The molecule has 1 saturated heterocycles. The molecular formula is C30H31FN14. The monoisotopic (exact) mass is 606 g/mol. The molecule has 45 heavy (non-hydrogen) atoms. The maximum absolute atomic E-state index is 13.0. The lowest BCUT2D eigenvalue weighted by Crippen LogP contribution is -2.38. The first kappa shape index (κ1) is 29.4. The van der Waals surface area contributed by atoms with E-state index in [4.69, 9.17) is 32.5 Å². The van der Waals surface area contributed by atoms with E-state index in [1.807, 2.05) is 22.8 Å². The summed E-state index contributed by atoms with van der Waals surface area (Å²) in [5, 5.41) is 13.3. The van der Waals surface area contributed by atoms with Crippen molar-refractivity contribution in [3.63, 3.8) is 0 Å². The zero-order valence-corrected chi connectivity index (χ0v) is 24.3. The number of nitrogen functional groups attached to an aromatic ring is 1. The van der Waals surface area contributed by atoms with E-state index in [9.17, 15) is 4.39 Å². The minimum atomic E-state index is -0.897. The molecule has 0 radical (unpaired) electrons. The van der Waals surface area contributed by atoms with Crippen LogP contribution in [0.2, 0.25) is 0 Å². The van der Waals surface area contributed by atoms with Gasteiger partial charge < -0.3 is 16.8 Å². The number of anilines is 2. The van der Waals surface area contributed by atoms with Crippen LogP contribution >= 0.6 is 0 Å². The van der Waals surface area contributed by atoms with Gasteiger partial charge in [0, 0.05) is 56.2 Å². The Morgan fingerprint density at radius 3 is 2.53 bits per heavy atom. The van der Waals surface area contributed by atoms with Gasteiger partial charge in [-0.15, -0.1) is 0 Å². The molecule has 0 amide bonds. The molecule has 0 saturated carbocycles. The van der Waals surface area contributed by atoms with E-state index in [0.717, 1.165) is 48.7 Å². The molecule has 0 bridgehead atoms. The summed E-state index contributed by atoms with van der Waals surface area (Å²) in [4.78, 5) is 28.7. The molecule has 1 fully saturated rings. The van der Waals surface area contributed by atoms with Crippen molar-refractivity contribution in [1.82, 2.24) is 44.4 Å². The summed E-state index contributed by atoms with van der Waals surface area (Å²) >= 11 is 0. The minimum absolute atomic E-state index is 0.158. The van der Waals surface area contributed by atoms with Crippen LogP contribution in [0.1, 0.15) is 29.9 Å². The molecule has 0 aliphatic carbocycles. The SMILES string of the molecule is N#Cc1nccc(NC2CCN(Cc3ccc(-n4c(-c5nccnc5N)nc5ccc(/C(N)=C/N(N)CF)nc54)cc3)CC2)n1. The zero-order valence-electron chi connectivity index (χ0n) is 24.3. The number of nitrogens with two attached hydrogens (primary N) is 3. The summed E-state index contributed by atoms with van der Waals surface area (Å²) in [7, 11) is 0. The highest BCUT2D eigenvalue weighted by atomic mass is 19.1. The van der Waals surface area contributed by atoms with Crippen LogP contribution in [0.4, 0.5) is 16.0 Å². The second-order valence-electron chi connectivity index (χ2n) is 10.6. The molecule has 15 heteroatoms. The molecule has 4 aromatic heterocycles. The van der Waals surface area contributed by atoms with E-state index >= 15 is 0 Å². The number of nitrogens with one attached hydrogen (secondary N) is 1. The van der Waals surface area contributed by atoms with Gasteiger partial charge in [-0.3, -0.25) is 14.5 Å². The third-order valence-corrected chi connectivity index (χ3v) is 7.48. The Morgan fingerprint density at radius 1 is 1.02 bits per heavy atom. The fourth-order valence-corrected chi connectivity index (χ4v) is 5.27. The maximum Gasteiger partial charge on any atom is 0.234 e. The van der Waals surface area contributed by atoms with Gasteiger partial charge in [-0.25, -0.2) is 40.1 Å². The van der Waals surface area contributed by atoms with Crippen LogP contribution in [0.15, 0.2) is 67.3 Å². The Bertz CT molecular complexity index is 1870. The molecule has 228 valence electrons. The van der Waals surface area contributed by atoms with Gasteiger partial charge in [0.25, 0.3) is 0 Å². The molecule has 0 unspecified atom stereocenters. The number of nitrogens with zero attached hydrogens (tertiary/aromatic N) is 10. The fraction of sp³-hybridized carbons (Fsp3) is 0.233. The fourth-order valence-electron chi connectivity index (χ4n) is 5.27. The maximum atomic E-state index is 13.0. The normalized spacial score (nSPS) is 14.4. The standard InChI is InChI=1S/C30H31FN14/c31-18-44(35)17-22(33)23-5-6-24-29(40-23)45(30(41-24)27-28(34)38-12-11-37-27)21-3-1-19(2-4-21)16-43-13-8-20(9-14-43)39-25-7-10-36-26(15-32)42-25/h1-7,10-12,17,20H,8-9,13-14,16,18,33,35H2,(H2,34,38)(H,36,39,42)/b22-17-. The van der Waals surface area contributed by atoms with Crippen molar-refractivity contribution < 1.29 is 4.39 Å². The van der Waals surface area contributed by atoms with E-state index < -0.39 is 6.80 Å². The third-order valence-electron chi connectivity index (χ3n) is 7.48. The third kappa shape index (κ3) is 6.47. The topological polar surface area (TPSA) is 203 Å². The van der Waals surface area contributed by atoms with E-state index in [1.54, 1.807) is 30.6 Å². The number of hydrogen-bond donors (Lipinski definition) is 4. The van der Waals surface area contributed by atoms with Gasteiger partial charge in [0.15, 0.2) is 24.1 Å². The summed E-state index contributed by atoms with van der Waals surface area (Å²) in [6.07, 6.45) is 7.85. The predicted molar refractivity (Wildman–Crippen MR) is 167 cm³/mol. The highest BCUT2D eigenvalue weighted by Crippen LogP contribution is 2.30. The summed E-state index contributed by atoms with van der Waals surface area (Å²) in [6.45, 7) is 1.73. The number of aromatic nitrogens is 7. The van der Waals surface area contributed by atoms with Crippen LogP contribution in [-0.4, -0.2) is 70.3 Å². The summed E-state index contributed by atoms with van der Waals surface area (Å²) < 4.78 is 14.8. The first-order chi connectivity index (χ1) is 21.9. The molecule has 7 N–H and O–H groups in total. The Kier molecular flexibility index (Phi) is 8.40. The second kappa shape index (κ2) is 12.9. The Morgan fingerprint density at radius 2 is 1.80 bits per heavy atom.